The summed E-state index contributed by atoms with van der Waals surface area (Å²) in [6.45, 7) is 10.2. The van der Waals surface area contributed by atoms with E-state index in [4.69, 9.17) is 10.6 Å². The third kappa shape index (κ3) is 6.57. The maximum absolute atomic E-state index is 13.3. The molecule has 8 nitrogen and oxygen atoms in total. The van der Waals surface area contributed by atoms with Crippen LogP contribution in [-0.4, -0.2) is 63.7 Å². The molecule has 0 spiro atoms. The quantitative estimate of drug-likeness (QED) is 0.482. The first-order chi connectivity index (χ1) is 16.9. The minimum Gasteiger partial charge on any atom is -0.393 e. The third-order valence-corrected chi connectivity index (χ3v) is 7.00. The number of piperidine rings is 2. The molecule has 188 valence electrons. The fourth-order valence-corrected chi connectivity index (χ4v) is 5.05. The lowest BCUT2D eigenvalue weighted by atomic mass is 9.87. The number of likely N-dealkylation sites (tertiary alicyclic amines) is 2. The fourth-order valence-electron chi connectivity index (χ4n) is 5.05. The number of pyridine rings is 2. The average molecular weight is 479 g/mol. The highest BCUT2D eigenvalue weighted by Gasteiger charge is 2.33. The lowest BCUT2D eigenvalue weighted by Crippen LogP contribution is -2.46. The number of nitrogen functional groups attached to an aromatic ring is 1. The van der Waals surface area contributed by atoms with Gasteiger partial charge in [-0.1, -0.05) is 11.2 Å². The van der Waals surface area contributed by atoms with Gasteiger partial charge in [0, 0.05) is 43.9 Å². The number of hydrogen-bond acceptors (Lipinski definition) is 7. The first-order valence-corrected chi connectivity index (χ1v) is 12.8. The molecule has 2 N–H and O–H groups in total. The second-order valence-corrected chi connectivity index (χ2v) is 10.0. The number of nitrogens with two attached hydrogens (primary N) is 1. The first-order valence-electron chi connectivity index (χ1n) is 12.8. The molecule has 4 rings (SSSR count). The maximum Gasteiger partial charge on any atom is 0.225 e. The highest BCUT2D eigenvalue weighted by molar-refractivity contribution is 6.01. The molecule has 0 aliphatic carbocycles. The number of amides is 1. The predicted molar refractivity (Wildman–Crippen MR) is 138 cm³/mol. The first kappa shape index (κ1) is 25.1. The fraction of sp³-hybridized carbons (Fsp3) is 0.556. The van der Waals surface area contributed by atoms with E-state index in [1.807, 2.05) is 38.2 Å². The van der Waals surface area contributed by atoms with Gasteiger partial charge in [0.15, 0.2) is 0 Å². The Morgan fingerprint density at radius 2 is 1.80 bits per heavy atom. The number of aryl methyl sites for hydroxylation is 1. The summed E-state index contributed by atoms with van der Waals surface area (Å²) in [5, 5.41) is 4.52. The van der Waals surface area contributed by atoms with E-state index in [1.54, 1.807) is 6.20 Å². The number of carbonyl (C=O) groups excluding carboxylic acids is 1. The zero-order valence-electron chi connectivity index (χ0n) is 21.2. The zero-order chi connectivity index (χ0) is 24.8. The van der Waals surface area contributed by atoms with Gasteiger partial charge in [-0.05, 0) is 88.9 Å². The van der Waals surface area contributed by atoms with Crippen molar-refractivity contribution >= 4 is 17.4 Å². The number of aromatic nitrogens is 2. The van der Waals surface area contributed by atoms with E-state index in [0.29, 0.717) is 11.7 Å². The molecule has 1 amide bonds. The van der Waals surface area contributed by atoms with E-state index in [2.05, 4.69) is 37.9 Å². The number of carbonyl (C=O) groups is 1. The van der Waals surface area contributed by atoms with Crippen LogP contribution in [-0.2, 0) is 16.2 Å². The molecule has 8 heteroatoms. The van der Waals surface area contributed by atoms with Crippen LogP contribution in [0, 0.1) is 18.8 Å². The molecule has 0 bridgehead atoms. The summed E-state index contributed by atoms with van der Waals surface area (Å²) >= 11 is 0. The Morgan fingerprint density at radius 3 is 2.46 bits per heavy atom. The highest BCUT2D eigenvalue weighted by atomic mass is 16.6. The second kappa shape index (κ2) is 11.6. The number of anilines is 1. The molecule has 0 aromatic carbocycles. The van der Waals surface area contributed by atoms with Crippen LogP contribution in [0.5, 0.6) is 0 Å². The summed E-state index contributed by atoms with van der Waals surface area (Å²) in [6.07, 6.45) is 7.14. The molecule has 2 saturated heterocycles. The lowest BCUT2D eigenvalue weighted by molar-refractivity contribution is -0.138. The summed E-state index contributed by atoms with van der Waals surface area (Å²) < 4.78 is 0. The van der Waals surface area contributed by atoms with E-state index in [0.717, 1.165) is 75.4 Å². The Hall–Kier alpha value is -3.00. The zero-order valence-corrected chi connectivity index (χ0v) is 21.2. The molecule has 4 heterocycles. The largest absolute Gasteiger partial charge is 0.393 e. The van der Waals surface area contributed by atoms with Crippen molar-refractivity contribution in [3.8, 4) is 0 Å². The molecular weight excluding hydrogens is 440 g/mol. The highest BCUT2D eigenvalue weighted by Crippen LogP contribution is 2.27. The Morgan fingerprint density at radius 1 is 1.09 bits per heavy atom. The van der Waals surface area contributed by atoms with Crippen molar-refractivity contribution in [1.29, 1.82) is 0 Å². The Labute approximate surface area is 208 Å². The molecule has 0 saturated carbocycles. The van der Waals surface area contributed by atoms with Gasteiger partial charge in [-0.2, -0.15) is 0 Å². The number of nitrogens with zero attached hydrogens (tertiary/aromatic N) is 5. The number of hydrogen-bond donors (Lipinski definition) is 1. The SMILES string of the molecule is Cc1cccnc1C(=NOC(C)C)C1CCN(C(=O)C2CCN(Cc3ccnc(N)c3)CC2)CC1. The predicted octanol–water partition coefficient (Wildman–Crippen LogP) is 3.65. The molecule has 35 heavy (non-hydrogen) atoms. The van der Waals surface area contributed by atoms with Gasteiger partial charge in [0.25, 0.3) is 0 Å². The molecular formula is C27H38N6O2. The van der Waals surface area contributed by atoms with Crippen molar-refractivity contribution in [1.82, 2.24) is 19.8 Å². The summed E-state index contributed by atoms with van der Waals surface area (Å²) in [5.41, 5.74) is 9.89. The van der Waals surface area contributed by atoms with Gasteiger partial charge in [0.05, 0.1) is 5.69 Å². The minimum absolute atomic E-state index is 0.0115. The van der Waals surface area contributed by atoms with Crippen LogP contribution >= 0.6 is 0 Å². The van der Waals surface area contributed by atoms with Crippen LogP contribution in [0.15, 0.2) is 41.8 Å². The molecule has 2 aromatic rings. The van der Waals surface area contributed by atoms with Crippen LogP contribution < -0.4 is 5.73 Å². The van der Waals surface area contributed by atoms with Crippen LogP contribution in [0.2, 0.25) is 0 Å². The maximum atomic E-state index is 13.3. The summed E-state index contributed by atoms with van der Waals surface area (Å²) in [5.74, 6) is 1.21. The van der Waals surface area contributed by atoms with Crippen LogP contribution in [0.1, 0.15) is 56.4 Å². The van der Waals surface area contributed by atoms with Gasteiger partial charge in [0.1, 0.15) is 17.6 Å². The molecule has 2 aliphatic heterocycles. The molecule has 0 unspecified atom stereocenters. The van der Waals surface area contributed by atoms with Gasteiger partial charge in [-0.25, -0.2) is 4.98 Å². The van der Waals surface area contributed by atoms with Gasteiger partial charge in [0.2, 0.25) is 5.91 Å². The molecule has 0 atom stereocenters. The number of rotatable bonds is 7. The van der Waals surface area contributed by atoms with Crippen molar-refractivity contribution in [3.05, 3.63) is 53.5 Å². The molecule has 2 aromatic heterocycles. The van der Waals surface area contributed by atoms with Gasteiger partial charge in [-0.15, -0.1) is 0 Å². The van der Waals surface area contributed by atoms with Crippen molar-refractivity contribution in [2.24, 2.45) is 17.0 Å². The average Bonchev–Trinajstić information content (AvgIpc) is 2.85. The van der Waals surface area contributed by atoms with E-state index in [9.17, 15) is 4.79 Å². The smallest absolute Gasteiger partial charge is 0.225 e. The summed E-state index contributed by atoms with van der Waals surface area (Å²) in [7, 11) is 0. The van der Waals surface area contributed by atoms with Gasteiger partial charge in [-0.3, -0.25) is 14.7 Å². The van der Waals surface area contributed by atoms with E-state index >= 15 is 0 Å². The van der Waals surface area contributed by atoms with Crippen molar-refractivity contribution < 1.29 is 9.63 Å². The minimum atomic E-state index is 0.0115. The van der Waals surface area contributed by atoms with Crippen molar-refractivity contribution in [2.45, 2.75) is 59.1 Å². The van der Waals surface area contributed by atoms with Crippen molar-refractivity contribution in [3.63, 3.8) is 0 Å². The molecule has 0 radical (unpaired) electrons. The van der Waals surface area contributed by atoms with Gasteiger partial charge >= 0.3 is 0 Å². The summed E-state index contributed by atoms with van der Waals surface area (Å²) in [4.78, 5) is 32.1. The van der Waals surface area contributed by atoms with Crippen LogP contribution in [0.25, 0.3) is 0 Å². The molecule has 2 fully saturated rings. The Bertz CT molecular complexity index is 1020. The third-order valence-electron chi connectivity index (χ3n) is 7.00. The number of oxime groups is 1. The summed E-state index contributed by atoms with van der Waals surface area (Å²) in [6, 6.07) is 7.94. The normalized spacial score (nSPS) is 18.7. The van der Waals surface area contributed by atoms with Gasteiger partial charge < -0.3 is 15.5 Å². The Balaban J connectivity index is 1.31. The lowest BCUT2D eigenvalue weighted by Gasteiger charge is -2.37. The van der Waals surface area contributed by atoms with Crippen LogP contribution in [0.4, 0.5) is 5.82 Å². The second-order valence-electron chi connectivity index (χ2n) is 10.0. The van der Waals surface area contributed by atoms with E-state index in [1.165, 1.54) is 5.56 Å². The van der Waals surface area contributed by atoms with Crippen molar-refractivity contribution in [2.75, 3.05) is 31.9 Å². The monoisotopic (exact) mass is 478 g/mol. The Kier molecular flexibility index (Phi) is 8.33. The topological polar surface area (TPSA) is 96.9 Å². The standard InChI is InChI=1S/C27H38N6O2/c1-19(2)35-31-26(25-20(3)5-4-11-30-25)22-9-15-33(16-10-22)27(34)23-7-13-32(14-8-23)18-21-6-12-29-24(28)17-21/h4-6,11-12,17,19,22-23H,7-10,13-16,18H2,1-3H3,(H2,28,29). The van der Waals surface area contributed by atoms with Crippen LogP contribution in [0.3, 0.4) is 0 Å². The van der Waals surface area contributed by atoms with E-state index in [-0.39, 0.29) is 17.9 Å². The molecule has 2 aliphatic rings. The van der Waals surface area contributed by atoms with E-state index < -0.39 is 0 Å².